The summed E-state index contributed by atoms with van der Waals surface area (Å²) in [7, 11) is -4.19. The first-order chi connectivity index (χ1) is 6.05. The first-order valence-corrected chi connectivity index (χ1v) is 6.33. The zero-order valence-electron chi connectivity index (χ0n) is 6.34. The van der Waals surface area contributed by atoms with Gasteiger partial charge in [0.15, 0.2) is 0 Å². The van der Waals surface area contributed by atoms with Crippen molar-refractivity contribution in [2.45, 2.75) is 4.90 Å². The molecular formula is C7H5NO3SSe. The molecule has 6 heteroatoms. The summed E-state index contributed by atoms with van der Waals surface area (Å²) in [6.45, 7) is 0. The number of benzene rings is 1. The molecule has 1 N–H and O–H groups in total. The van der Waals surface area contributed by atoms with Crippen molar-refractivity contribution in [3.05, 3.63) is 24.3 Å². The summed E-state index contributed by atoms with van der Waals surface area (Å²) in [5.74, 6) is 0. The van der Waals surface area contributed by atoms with Crippen molar-refractivity contribution in [2.24, 2.45) is 0 Å². The summed E-state index contributed by atoms with van der Waals surface area (Å²) >= 11 is -0.577. The van der Waals surface area contributed by atoms with Crippen LogP contribution in [0.1, 0.15) is 0 Å². The van der Waals surface area contributed by atoms with Crippen molar-refractivity contribution in [1.82, 2.24) is 0 Å². The predicted octanol–water partition coefficient (Wildman–Crippen LogP) is -0.256. The Kier molecular flexibility index (Phi) is 3.07. The summed E-state index contributed by atoms with van der Waals surface area (Å²) in [5.41, 5.74) is 0. The molecule has 13 heavy (non-hydrogen) atoms. The van der Waals surface area contributed by atoms with Crippen LogP contribution < -0.4 is 4.46 Å². The molecule has 0 unspecified atom stereocenters. The van der Waals surface area contributed by atoms with Gasteiger partial charge in [-0.1, -0.05) is 0 Å². The van der Waals surface area contributed by atoms with E-state index in [0.717, 1.165) is 0 Å². The van der Waals surface area contributed by atoms with Gasteiger partial charge in [-0.2, -0.15) is 0 Å². The first kappa shape index (κ1) is 10.2. The summed E-state index contributed by atoms with van der Waals surface area (Å²) in [6.07, 6.45) is 0. The molecule has 0 amide bonds. The molecule has 1 aromatic rings. The van der Waals surface area contributed by atoms with E-state index in [1.165, 1.54) is 18.2 Å². The van der Waals surface area contributed by atoms with Gasteiger partial charge < -0.3 is 0 Å². The molecule has 0 heterocycles. The van der Waals surface area contributed by atoms with Crippen LogP contribution in [0.3, 0.4) is 0 Å². The van der Waals surface area contributed by atoms with Gasteiger partial charge in [0.2, 0.25) is 0 Å². The van der Waals surface area contributed by atoms with E-state index < -0.39 is 25.1 Å². The second-order valence-electron chi connectivity index (χ2n) is 2.12. The fourth-order valence-corrected chi connectivity index (χ4v) is 3.12. The molecule has 0 aromatic heterocycles. The van der Waals surface area contributed by atoms with Crippen LogP contribution in [0.2, 0.25) is 0 Å². The Morgan fingerprint density at radius 2 is 2.00 bits per heavy atom. The van der Waals surface area contributed by atoms with Crippen LogP contribution in [0.25, 0.3) is 0 Å². The Hall–Kier alpha value is -0.861. The Morgan fingerprint density at radius 3 is 2.54 bits per heavy atom. The molecule has 0 spiro atoms. The SMILES string of the molecule is N#C[Se]c1ccccc1S(=O)(=O)O. The minimum absolute atomic E-state index is 0.170. The number of nitriles is 1. The molecule has 1 rings (SSSR count). The molecule has 0 saturated carbocycles. The second-order valence-corrected chi connectivity index (χ2v) is 5.24. The van der Waals surface area contributed by atoms with Gasteiger partial charge in [-0.05, 0) is 0 Å². The predicted molar refractivity (Wildman–Crippen MR) is 47.3 cm³/mol. The van der Waals surface area contributed by atoms with Crippen molar-refractivity contribution < 1.29 is 13.0 Å². The summed E-state index contributed by atoms with van der Waals surface area (Å²) < 4.78 is 30.7. The van der Waals surface area contributed by atoms with Gasteiger partial charge in [-0.3, -0.25) is 0 Å². The fraction of sp³-hybridized carbons (Fsp3) is 0. The van der Waals surface area contributed by atoms with Crippen LogP contribution in [0.4, 0.5) is 0 Å². The van der Waals surface area contributed by atoms with E-state index in [1.54, 1.807) is 6.07 Å². The monoisotopic (exact) mass is 263 g/mol. The zero-order chi connectivity index (χ0) is 9.90. The molecule has 0 saturated heterocycles. The molecule has 0 fully saturated rings. The molecule has 0 bridgehead atoms. The molecule has 0 atom stereocenters. The molecule has 4 nitrogen and oxygen atoms in total. The third-order valence-electron chi connectivity index (χ3n) is 1.28. The van der Waals surface area contributed by atoms with E-state index in [1.807, 2.05) is 4.97 Å². The van der Waals surface area contributed by atoms with E-state index in [2.05, 4.69) is 0 Å². The van der Waals surface area contributed by atoms with Gasteiger partial charge in [0, 0.05) is 0 Å². The molecule has 0 aliphatic rings. The summed E-state index contributed by atoms with van der Waals surface area (Å²) in [6, 6.07) is 5.93. The Balaban J connectivity index is 3.30. The molecule has 0 radical (unpaired) electrons. The molecule has 68 valence electrons. The topological polar surface area (TPSA) is 78.2 Å². The maximum absolute atomic E-state index is 10.8. The van der Waals surface area contributed by atoms with Crippen molar-refractivity contribution in [3.8, 4) is 4.97 Å². The minimum atomic E-state index is -4.19. The number of hydrogen-bond donors (Lipinski definition) is 1. The molecule has 0 aliphatic heterocycles. The van der Waals surface area contributed by atoms with Crippen LogP contribution in [-0.2, 0) is 10.1 Å². The third kappa shape index (κ3) is 2.54. The average molecular weight is 262 g/mol. The maximum atomic E-state index is 10.8. The van der Waals surface area contributed by atoms with Crippen LogP contribution in [0.15, 0.2) is 29.2 Å². The first-order valence-electron chi connectivity index (χ1n) is 3.18. The molecular weight excluding hydrogens is 257 g/mol. The third-order valence-corrected chi connectivity index (χ3v) is 3.89. The summed E-state index contributed by atoms with van der Waals surface area (Å²) in [5, 5.41) is 8.41. The van der Waals surface area contributed by atoms with Crippen molar-refractivity contribution in [2.75, 3.05) is 0 Å². The van der Waals surface area contributed by atoms with Crippen molar-refractivity contribution in [1.29, 1.82) is 5.26 Å². The molecule has 0 aliphatic carbocycles. The van der Waals surface area contributed by atoms with Gasteiger partial charge in [-0.15, -0.1) is 0 Å². The van der Waals surface area contributed by atoms with E-state index in [9.17, 15) is 8.42 Å². The van der Waals surface area contributed by atoms with Crippen LogP contribution in [-0.4, -0.2) is 27.9 Å². The van der Waals surface area contributed by atoms with E-state index in [4.69, 9.17) is 9.81 Å². The van der Waals surface area contributed by atoms with Crippen molar-refractivity contribution in [3.63, 3.8) is 0 Å². The number of rotatable bonds is 2. The number of nitrogens with zero attached hydrogens (tertiary/aromatic N) is 1. The van der Waals surface area contributed by atoms with Crippen molar-refractivity contribution >= 4 is 29.5 Å². The summed E-state index contributed by atoms with van der Waals surface area (Å²) in [4.78, 5) is 1.71. The molecule has 1 aromatic carbocycles. The zero-order valence-corrected chi connectivity index (χ0v) is 8.87. The van der Waals surface area contributed by atoms with Gasteiger partial charge in [0.1, 0.15) is 0 Å². The van der Waals surface area contributed by atoms with Gasteiger partial charge >= 0.3 is 81.9 Å². The Bertz CT molecular complexity index is 449. The van der Waals surface area contributed by atoms with Crippen LogP contribution in [0.5, 0.6) is 0 Å². The normalized spacial score (nSPS) is 10.8. The average Bonchev–Trinajstić information content (AvgIpc) is 2.04. The fourth-order valence-electron chi connectivity index (χ4n) is 0.797. The van der Waals surface area contributed by atoms with E-state index >= 15 is 0 Å². The second kappa shape index (κ2) is 3.90. The van der Waals surface area contributed by atoms with E-state index in [0.29, 0.717) is 4.46 Å². The van der Waals surface area contributed by atoms with Crippen LogP contribution >= 0.6 is 0 Å². The Morgan fingerprint density at radius 1 is 1.38 bits per heavy atom. The van der Waals surface area contributed by atoms with E-state index in [-0.39, 0.29) is 4.90 Å². The van der Waals surface area contributed by atoms with Gasteiger partial charge in [0.25, 0.3) is 0 Å². The van der Waals surface area contributed by atoms with Crippen LogP contribution in [0, 0.1) is 10.2 Å². The van der Waals surface area contributed by atoms with Gasteiger partial charge in [-0.25, -0.2) is 0 Å². The number of hydrogen-bond acceptors (Lipinski definition) is 3. The standard InChI is InChI=1S/C7H5NO3SSe/c8-5-13-7-4-2-1-3-6(7)12(9,10)11/h1-4H,(H,9,10,11). The van der Waals surface area contributed by atoms with Gasteiger partial charge in [0.05, 0.1) is 0 Å². The quantitative estimate of drug-likeness (QED) is 0.588. The Labute approximate surface area is 82.1 Å².